The van der Waals surface area contributed by atoms with Gasteiger partial charge in [0.2, 0.25) is 0 Å². The smallest absolute Gasteiger partial charge is 0.359 e. The van der Waals surface area contributed by atoms with Crippen molar-refractivity contribution in [3.8, 4) is 22.1 Å². The number of imidazole rings is 1. The number of carbonyl (C=O) groups excluding carboxylic acids is 1. The molecule has 2 radical (unpaired) electrons. The predicted octanol–water partition coefficient (Wildman–Crippen LogP) is 2.96. The van der Waals surface area contributed by atoms with E-state index in [-0.39, 0.29) is 0 Å². The minimum atomic E-state index is -0.444. The van der Waals surface area contributed by atoms with Crippen LogP contribution in [0.25, 0.3) is 22.1 Å². The first kappa shape index (κ1) is 16.5. The highest BCUT2D eigenvalue weighted by Crippen LogP contribution is 2.54. The van der Waals surface area contributed by atoms with Crippen molar-refractivity contribution in [2.45, 2.75) is 43.6 Å². The second kappa shape index (κ2) is 5.76. The van der Waals surface area contributed by atoms with Crippen LogP contribution in [-0.2, 0) is 4.74 Å². The number of carbonyl (C=O) groups is 1. The van der Waals surface area contributed by atoms with Gasteiger partial charge >= 0.3 is 5.97 Å². The number of esters is 1. The van der Waals surface area contributed by atoms with Gasteiger partial charge in [0.05, 0.1) is 7.11 Å². The highest BCUT2D eigenvalue weighted by atomic mass is 32.1. The Hall–Kier alpha value is -2.48. The monoisotopic (exact) mass is 388 g/mol. The molecule has 1 aromatic carbocycles. The van der Waals surface area contributed by atoms with E-state index in [4.69, 9.17) is 17.6 Å². The lowest BCUT2D eigenvalue weighted by molar-refractivity contribution is 0.0595. The van der Waals surface area contributed by atoms with Gasteiger partial charge in [-0.25, -0.2) is 9.78 Å². The molecule has 2 aliphatic carbocycles. The summed E-state index contributed by atoms with van der Waals surface area (Å²) in [6.45, 7) is 0. The number of hydrogen-bond acceptors (Lipinski definition) is 6. The summed E-state index contributed by atoms with van der Waals surface area (Å²) in [7, 11) is 7.47. The fourth-order valence-electron chi connectivity index (χ4n) is 4.42. The van der Waals surface area contributed by atoms with Gasteiger partial charge in [0.1, 0.15) is 24.4 Å². The quantitative estimate of drug-likeness (QED) is 0.510. The summed E-state index contributed by atoms with van der Waals surface area (Å²) in [6.07, 6.45) is 4.39. The molecular weight excluding hydrogens is 371 g/mol. The molecule has 2 fully saturated rings. The molecule has 6 nitrogen and oxygen atoms in total. The molecule has 4 heterocycles. The standard InChI is InChI=1S/C20H17BN4O2S/c1-27-20(26)15-16(19-24-23-18(28-19)9-2-3-9)25-12-6-10(7-12)13-5-4-11(21)8-14(13)17(25)22-15/h4-5,8-10,12H,2-3,6-7H2,1H3. The van der Waals surface area contributed by atoms with Crippen LogP contribution in [0.15, 0.2) is 18.2 Å². The number of nitrogens with zero attached hydrogens (tertiary/aromatic N) is 4. The maximum atomic E-state index is 12.6. The Labute approximate surface area is 167 Å². The van der Waals surface area contributed by atoms with Crippen LogP contribution in [0.4, 0.5) is 0 Å². The molecule has 2 saturated carbocycles. The number of ether oxygens (including phenoxy) is 1. The van der Waals surface area contributed by atoms with Gasteiger partial charge in [-0.3, -0.25) is 0 Å². The fourth-order valence-corrected chi connectivity index (χ4v) is 5.48. The Morgan fingerprint density at radius 3 is 2.82 bits per heavy atom. The summed E-state index contributed by atoms with van der Waals surface area (Å²) < 4.78 is 7.24. The van der Waals surface area contributed by atoms with E-state index in [1.165, 1.54) is 25.5 Å². The van der Waals surface area contributed by atoms with Crippen molar-refractivity contribution < 1.29 is 9.53 Å². The fraction of sp³-hybridized carbons (Fsp3) is 0.400. The topological polar surface area (TPSA) is 69.9 Å². The molecule has 28 heavy (non-hydrogen) atoms. The highest BCUT2D eigenvalue weighted by molar-refractivity contribution is 7.14. The van der Waals surface area contributed by atoms with Gasteiger partial charge < -0.3 is 9.30 Å². The van der Waals surface area contributed by atoms with Crippen LogP contribution < -0.4 is 5.46 Å². The van der Waals surface area contributed by atoms with Gasteiger partial charge in [-0.05, 0) is 37.2 Å². The summed E-state index contributed by atoms with van der Waals surface area (Å²) in [4.78, 5) is 17.4. The maximum absolute atomic E-state index is 12.6. The van der Waals surface area contributed by atoms with E-state index >= 15 is 0 Å². The van der Waals surface area contributed by atoms with E-state index in [1.807, 2.05) is 12.1 Å². The lowest BCUT2D eigenvalue weighted by Gasteiger charge is -2.35. The second-order valence-corrected chi connectivity index (χ2v) is 8.89. The van der Waals surface area contributed by atoms with Crippen LogP contribution in [0, 0.1) is 0 Å². The average Bonchev–Trinajstić information content (AvgIpc) is 3.33. The Balaban J connectivity index is 1.62. The zero-order valence-electron chi connectivity index (χ0n) is 15.4. The maximum Gasteiger partial charge on any atom is 0.359 e. The van der Waals surface area contributed by atoms with Crippen LogP contribution in [0.3, 0.4) is 0 Å². The Morgan fingerprint density at radius 1 is 1.25 bits per heavy atom. The first-order valence-electron chi connectivity index (χ1n) is 9.58. The zero-order chi connectivity index (χ0) is 19.0. The van der Waals surface area contributed by atoms with Gasteiger partial charge in [0, 0.05) is 17.5 Å². The summed E-state index contributed by atoms with van der Waals surface area (Å²) in [5.41, 5.74) is 4.02. The van der Waals surface area contributed by atoms with Crippen LogP contribution in [0.1, 0.15) is 64.6 Å². The second-order valence-electron chi connectivity index (χ2n) is 7.88. The molecule has 0 unspecified atom stereocenters. The van der Waals surface area contributed by atoms with E-state index < -0.39 is 5.97 Å². The molecule has 0 saturated heterocycles. The SMILES string of the molecule is [B]c1ccc2c(c1)-c1nc(C(=O)OC)c(-c3nnc(C4CC4)s3)n1C1CC2C1. The Kier molecular flexibility index (Phi) is 3.39. The molecule has 2 aromatic heterocycles. The van der Waals surface area contributed by atoms with Crippen molar-refractivity contribution in [1.29, 1.82) is 0 Å². The van der Waals surface area contributed by atoms with Gasteiger partial charge in [0.25, 0.3) is 0 Å². The van der Waals surface area contributed by atoms with Gasteiger partial charge in [-0.15, -0.1) is 10.2 Å². The third-order valence-electron chi connectivity index (χ3n) is 6.10. The molecule has 0 atom stereocenters. The minimum absolute atomic E-state index is 0.294. The molecule has 0 spiro atoms. The average molecular weight is 388 g/mol. The molecule has 2 bridgehead atoms. The van der Waals surface area contributed by atoms with E-state index in [9.17, 15) is 4.79 Å². The lowest BCUT2D eigenvalue weighted by atomic mass is 9.75. The normalized spacial score (nSPS) is 22.0. The van der Waals surface area contributed by atoms with Crippen molar-refractivity contribution in [2.24, 2.45) is 0 Å². The van der Waals surface area contributed by atoms with Crippen LogP contribution in [-0.4, -0.2) is 40.7 Å². The number of benzene rings is 1. The third-order valence-corrected chi connectivity index (χ3v) is 7.19. The van der Waals surface area contributed by atoms with Crippen molar-refractivity contribution in [3.05, 3.63) is 34.5 Å². The molecule has 8 heteroatoms. The Morgan fingerprint density at radius 2 is 2.07 bits per heavy atom. The number of hydrogen-bond donors (Lipinski definition) is 0. The Bertz CT molecular complexity index is 1130. The number of methoxy groups -OCH3 is 1. The largest absolute Gasteiger partial charge is 0.464 e. The molecule has 0 N–H and O–H groups in total. The molecular formula is C20H17BN4O2S. The molecule has 138 valence electrons. The highest BCUT2D eigenvalue weighted by Gasteiger charge is 2.42. The van der Waals surface area contributed by atoms with Crippen LogP contribution in [0.2, 0.25) is 0 Å². The molecule has 2 aliphatic heterocycles. The zero-order valence-corrected chi connectivity index (χ0v) is 16.2. The number of aromatic nitrogens is 4. The van der Waals surface area contributed by atoms with Gasteiger partial charge in [-0.2, -0.15) is 0 Å². The summed E-state index contributed by atoms with van der Waals surface area (Å²) in [5, 5.41) is 10.6. The summed E-state index contributed by atoms with van der Waals surface area (Å²) in [5.74, 6) is 1.37. The van der Waals surface area contributed by atoms with Crippen molar-refractivity contribution in [1.82, 2.24) is 19.7 Å². The van der Waals surface area contributed by atoms with E-state index in [1.54, 1.807) is 11.3 Å². The molecule has 0 amide bonds. The first-order valence-corrected chi connectivity index (χ1v) is 10.4. The predicted molar refractivity (Wildman–Crippen MR) is 106 cm³/mol. The van der Waals surface area contributed by atoms with Crippen molar-refractivity contribution in [3.63, 3.8) is 0 Å². The molecule has 3 aromatic rings. The van der Waals surface area contributed by atoms with Crippen LogP contribution in [0.5, 0.6) is 0 Å². The molecule has 4 aliphatic rings. The van der Waals surface area contributed by atoms with Gasteiger partial charge in [-0.1, -0.05) is 35.0 Å². The summed E-state index contributed by atoms with van der Waals surface area (Å²) >= 11 is 1.57. The van der Waals surface area contributed by atoms with Crippen LogP contribution >= 0.6 is 11.3 Å². The lowest BCUT2D eigenvalue weighted by Crippen LogP contribution is -2.24. The number of rotatable bonds is 3. The van der Waals surface area contributed by atoms with Crippen molar-refractivity contribution in [2.75, 3.05) is 7.11 Å². The van der Waals surface area contributed by atoms with E-state index in [0.29, 0.717) is 29.0 Å². The van der Waals surface area contributed by atoms with E-state index in [0.717, 1.165) is 39.9 Å². The summed E-state index contributed by atoms with van der Waals surface area (Å²) in [6, 6.07) is 6.31. The first-order chi connectivity index (χ1) is 13.6. The minimum Gasteiger partial charge on any atom is -0.464 e. The van der Waals surface area contributed by atoms with Gasteiger partial charge in [0.15, 0.2) is 10.7 Å². The molecule has 7 rings (SSSR count). The van der Waals surface area contributed by atoms with Crippen molar-refractivity contribution >= 4 is 30.6 Å². The third kappa shape index (κ3) is 2.27. The van der Waals surface area contributed by atoms with E-state index in [2.05, 4.69) is 20.8 Å².